The number of carbonyl (C=O) groups excluding carboxylic acids is 4. The quantitative estimate of drug-likeness (QED) is 0.374. The van der Waals surface area contributed by atoms with Gasteiger partial charge in [0.2, 0.25) is 11.8 Å². The van der Waals surface area contributed by atoms with Crippen LogP contribution in [0.1, 0.15) is 30.6 Å². The number of allylic oxidation sites excluding steroid dienone is 2. The highest BCUT2D eigenvalue weighted by Crippen LogP contribution is 2.55. The first-order chi connectivity index (χ1) is 16.9. The molecule has 1 aliphatic heterocycles. The highest BCUT2D eigenvalue weighted by Gasteiger charge is 2.60. The largest absolute Gasteiger partial charge is 0.494 e. The Morgan fingerprint density at radius 2 is 1.69 bits per heavy atom. The molecule has 2 bridgehead atoms. The monoisotopic (exact) mass is 474 g/mol. The molecule has 3 amide bonds. The van der Waals surface area contributed by atoms with Gasteiger partial charge in [-0.1, -0.05) is 11.6 Å². The Morgan fingerprint density at radius 3 is 2.37 bits per heavy atom. The molecule has 8 nitrogen and oxygen atoms in total. The topological polar surface area (TPSA) is 102 Å². The van der Waals surface area contributed by atoms with Crippen LogP contribution in [-0.2, 0) is 19.1 Å². The average Bonchev–Trinajstić information content (AvgIpc) is 3.49. The molecule has 8 heteroatoms. The molecule has 35 heavy (non-hydrogen) atoms. The van der Waals surface area contributed by atoms with E-state index >= 15 is 0 Å². The Morgan fingerprint density at radius 1 is 1.00 bits per heavy atom. The molecule has 0 unspecified atom stereocenters. The SMILES string of the molecule is CCOc1ccc(NC(=O)COC(=O)c2ccc(N3C(=O)[C@@H]4[C@H](C3=O)[C@@H]3C[C@@H]4C=C3C)cc2)cc1. The third-order valence-electron chi connectivity index (χ3n) is 7.03. The number of carbonyl (C=O) groups is 4. The van der Waals surface area contributed by atoms with E-state index in [0.717, 1.165) is 6.42 Å². The van der Waals surface area contributed by atoms with Gasteiger partial charge in [-0.15, -0.1) is 0 Å². The zero-order valence-electron chi connectivity index (χ0n) is 19.5. The van der Waals surface area contributed by atoms with Gasteiger partial charge in [0.25, 0.3) is 5.91 Å². The standard InChI is InChI=1S/C27H26N2O6/c1-3-34-20-10-6-18(7-11-20)28-22(30)14-35-27(33)16-4-8-19(9-5-16)29-25(31)23-17-12-15(2)21(13-17)24(23)26(29)32/h4-12,17,21,23-24H,3,13-14H2,1-2H3,(H,28,30)/t17-,21+,23-,24+/m0/s1. The second-order valence-corrected chi connectivity index (χ2v) is 9.11. The van der Waals surface area contributed by atoms with E-state index < -0.39 is 18.5 Å². The number of rotatable bonds is 7. The van der Waals surface area contributed by atoms with Crippen LogP contribution in [0.15, 0.2) is 60.2 Å². The second kappa shape index (κ2) is 9.02. The molecule has 1 N–H and O–H groups in total. The van der Waals surface area contributed by atoms with E-state index in [9.17, 15) is 19.2 Å². The van der Waals surface area contributed by atoms with Crippen molar-refractivity contribution in [3.8, 4) is 5.75 Å². The lowest BCUT2D eigenvalue weighted by Crippen LogP contribution is -2.33. The van der Waals surface area contributed by atoms with Crippen molar-refractivity contribution in [2.45, 2.75) is 20.3 Å². The molecule has 1 saturated heterocycles. The molecular formula is C27H26N2O6. The summed E-state index contributed by atoms with van der Waals surface area (Å²) >= 11 is 0. The van der Waals surface area contributed by atoms with Crippen molar-refractivity contribution in [2.75, 3.05) is 23.4 Å². The summed E-state index contributed by atoms with van der Waals surface area (Å²) in [5, 5.41) is 2.65. The molecule has 1 heterocycles. The van der Waals surface area contributed by atoms with E-state index in [1.165, 1.54) is 22.6 Å². The number of nitrogens with zero attached hydrogens (tertiary/aromatic N) is 1. The maximum atomic E-state index is 13.1. The second-order valence-electron chi connectivity index (χ2n) is 9.11. The van der Waals surface area contributed by atoms with Crippen molar-refractivity contribution in [2.24, 2.45) is 23.7 Å². The van der Waals surface area contributed by atoms with Crippen LogP contribution in [0.2, 0.25) is 0 Å². The molecule has 180 valence electrons. The fourth-order valence-corrected chi connectivity index (χ4v) is 5.49. The van der Waals surface area contributed by atoms with E-state index in [4.69, 9.17) is 9.47 Å². The first-order valence-corrected chi connectivity index (χ1v) is 11.7. The maximum absolute atomic E-state index is 13.1. The Hall–Kier alpha value is -3.94. The molecule has 2 aromatic carbocycles. The molecule has 0 radical (unpaired) electrons. The van der Waals surface area contributed by atoms with Crippen LogP contribution in [-0.4, -0.2) is 36.9 Å². The van der Waals surface area contributed by atoms with Crippen LogP contribution in [0.3, 0.4) is 0 Å². The van der Waals surface area contributed by atoms with Crippen LogP contribution < -0.4 is 15.0 Å². The van der Waals surface area contributed by atoms with E-state index in [0.29, 0.717) is 23.7 Å². The zero-order valence-corrected chi connectivity index (χ0v) is 19.5. The first-order valence-electron chi connectivity index (χ1n) is 11.7. The summed E-state index contributed by atoms with van der Waals surface area (Å²) in [5.41, 5.74) is 2.42. The van der Waals surface area contributed by atoms with E-state index in [1.807, 2.05) is 13.8 Å². The van der Waals surface area contributed by atoms with Gasteiger partial charge < -0.3 is 14.8 Å². The Labute approximate surface area is 202 Å². The Kier molecular flexibility index (Phi) is 5.88. The minimum absolute atomic E-state index is 0.134. The summed E-state index contributed by atoms with van der Waals surface area (Å²) < 4.78 is 10.5. The van der Waals surface area contributed by atoms with Crippen LogP contribution in [0.5, 0.6) is 5.75 Å². The van der Waals surface area contributed by atoms with Gasteiger partial charge in [-0.3, -0.25) is 19.3 Å². The smallest absolute Gasteiger partial charge is 0.338 e. The number of amides is 3. The molecule has 4 atom stereocenters. The molecule has 2 fully saturated rings. The van der Waals surface area contributed by atoms with Gasteiger partial charge in [0.15, 0.2) is 6.61 Å². The lowest BCUT2D eigenvalue weighted by Gasteiger charge is -2.19. The number of hydrogen-bond acceptors (Lipinski definition) is 6. The normalized spacial score (nSPS) is 24.3. The average molecular weight is 475 g/mol. The molecule has 3 aliphatic rings. The molecular weight excluding hydrogens is 448 g/mol. The maximum Gasteiger partial charge on any atom is 0.338 e. The Bertz CT molecular complexity index is 1220. The fourth-order valence-electron chi connectivity index (χ4n) is 5.49. The van der Waals surface area contributed by atoms with Gasteiger partial charge in [-0.05, 0) is 80.6 Å². The third-order valence-corrected chi connectivity index (χ3v) is 7.03. The minimum Gasteiger partial charge on any atom is -0.494 e. The lowest BCUT2D eigenvalue weighted by molar-refractivity contribution is -0.123. The minimum atomic E-state index is -0.674. The number of benzene rings is 2. The van der Waals surface area contributed by atoms with Gasteiger partial charge in [0.05, 0.1) is 29.7 Å². The molecule has 2 aliphatic carbocycles. The summed E-state index contributed by atoms with van der Waals surface area (Å²) in [6.45, 7) is 4.01. The zero-order chi connectivity index (χ0) is 24.7. The van der Waals surface area contributed by atoms with Crippen LogP contribution in [0.25, 0.3) is 0 Å². The van der Waals surface area contributed by atoms with Gasteiger partial charge in [0.1, 0.15) is 5.75 Å². The number of imide groups is 1. The van der Waals surface area contributed by atoms with Crippen molar-refractivity contribution in [1.29, 1.82) is 0 Å². The van der Waals surface area contributed by atoms with E-state index in [1.54, 1.807) is 36.4 Å². The highest BCUT2D eigenvalue weighted by atomic mass is 16.5. The number of ether oxygens (including phenoxy) is 2. The summed E-state index contributed by atoms with van der Waals surface area (Å²) in [6.07, 6.45) is 3.01. The fraction of sp³-hybridized carbons (Fsp3) is 0.333. The first kappa shape index (κ1) is 22.8. The third kappa shape index (κ3) is 4.09. The molecule has 5 rings (SSSR count). The number of hydrogen-bond donors (Lipinski definition) is 1. The lowest BCUT2D eigenvalue weighted by atomic mass is 9.82. The van der Waals surface area contributed by atoms with Crippen molar-refractivity contribution in [3.05, 3.63) is 65.7 Å². The van der Waals surface area contributed by atoms with E-state index in [-0.39, 0.29) is 41.0 Å². The predicted molar refractivity (Wildman–Crippen MR) is 128 cm³/mol. The van der Waals surface area contributed by atoms with Gasteiger partial charge in [0, 0.05) is 5.69 Å². The van der Waals surface area contributed by atoms with Crippen LogP contribution in [0, 0.1) is 23.7 Å². The molecule has 1 saturated carbocycles. The molecule has 0 spiro atoms. The summed E-state index contributed by atoms with van der Waals surface area (Å²) in [4.78, 5) is 51.9. The van der Waals surface area contributed by atoms with Crippen molar-refractivity contribution < 1.29 is 28.7 Å². The van der Waals surface area contributed by atoms with Crippen molar-refractivity contribution >= 4 is 35.1 Å². The van der Waals surface area contributed by atoms with Gasteiger partial charge >= 0.3 is 5.97 Å². The number of anilines is 2. The van der Waals surface area contributed by atoms with Crippen molar-refractivity contribution in [3.63, 3.8) is 0 Å². The van der Waals surface area contributed by atoms with Crippen molar-refractivity contribution in [1.82, 2.24) is 0 Å². The van der Waals surface area contributed by atoms with Crippen LogP contribution in [0.4, 0.5) is 11.4 Å². The molecule has 0 aromatic heterocycles. The Balaban J connectivity index is 1.17. The van der Waals surface area contributed by atoms with Gasteiger partial charge in [-0.25, -0.2) is 4.79 Å². The summed E-state index contributed by atoms with van der Waals surface area (Å²) in [5.74, 6) is -1.07. The highest BCUT2D eigenvalue weighted by molar-refractivity contribution is 6.23. The number of nitrogens with one attached hydrogen (secondary N) is 1. The van der Waals surface area contributed by atoms with Gasteiger partial charge in [-0.2, -0.15) is 0 Å². The van der Waals surface area contributed by atoms with Crippen LogP contribution >= 0.6 is 0 Å². The number of fused-ring (bicyclic) bond motifs is 5. The number of esters is 1. The summed E-state index contributed by atoms with van der Waals surface area (Å²) in [6, 6.07) is 13.0. The molecule has 2 aromatic rings. The predicted octanol–water partition coefficient (Wildman–Crippen LogP) is 3.58. The van der Waals surface area contributed by atoms with E-state index in [2.05, 4.69) is 11.4 Å². The summed E-state index contributed by atoms with van der Waals surface area (Å²) in [7, 11) is 0.